The van der Waals surface area contributed by atoms with Gasteiger partial charge in [-0.15, -0.1) is 0 Å². The molecule has 0 spiro atoms. The van der Waals surface area contributed by atoms with Crippen molar-refractivity contribution in [2.75, 3.05) is 42.3 Å². The number of hydrogen-bond donors (Lipinski definition) is 4. The van der Waals surface area contributed by atoms with Gasteiger partial charge >= 0.3 is 0 Å². The van der Waals surface area contributed by atoms with Gasteiger partial charge < -0.3 is 30.7 Å². The van der Waals surface area contributed by atoms with Gasteiger partial charge in [-0.3, -0.25) is 0 Å². The number of rotatable bonds is 10. The van der Waals surface area contributed by atoms with Crippen LogP contribution >= 0.6 is 0 Å². The summed E-state index contributed by atoms with van der Waals surface area (Å²) < 4.78 is 3.52. The summed E-state index contributed by atoms with van der Waals surface area (Å²) in [4.78, 5) is 20.0. The molecule has 0 bridgehead atoms. The van der Waals surface area contributed by atoms with Crippen LogP contribution in [-0.4, -0.2) is 70.8 Å². The Hall–Kier alpha value is -3.77. The molecule has 5 N–H and O–H groups in total. The minimum atomic E-state index is -0.0739. The minimum Gasteiger partial charge on any atom is -0.395 e. The van der Waals surface area contributed by atoms with Crippen LogP contribution in [0, 0.1) is 6.92 Å². The number of fused-ring (bicyclic) bond motifs is 1. The maximum Gasteiger partial charge on any atom is 0.229 e. The molecule has 0 saturated heterocycles. The number of nitrogens with two attached hydrogens (primary N) is 1. The highest BCUT2D eigenvalue weighted by molar-refractivity contribution is 5.84. The summed E-state index contributed by atoms with van der Waals surface area (Å²) in [6, 6.07) is 5.60. The molecule has 4 rings (SSSR count). The quantitative estimate of drug-likeness (QED) is 0.270. The fourth-order valence-corrected chi connectivity index (χ4v) is 3.52. The number of aromatic nitrogens is 7. The maximum absolute atomic E-state index is 9.41. The summed E-state index contributed by atoms with van der Waals surface area (Å²) in [5.41, 5.74) is 9.08. The Morgan fingerprint density at radius 1 is 1.12 bits per heavy atom. The summed E-state index contributed by atoms with van der Waals surface area (Å²) in [7, 11) is 0. The third-order valence-corrected chi connectivity index (χ3v) is 5.16. The largest absolute Gasteiger partial charge is 0.395 e. The number of anilines is 3. The van der Waals surface area contributed by atoms with Crippen molar-refractivity contribution in [3.8, 4) is 5.82 Å². The molecule has 12 heteroatoms. The molecular formula is C21H28N10O2. The predicted octanol–water partition coefficient (Wildman–Crippen LogP) is 0.721. The van der Waals surface area contributed by atoms with E-state index in [0.717, 1.165) is 11.3 Å². The van der Waals surface area contributed by atoms with Crippen LogP contribution in [0.5, 0.6) is 0 Å². The summed E-state index contributed by atoms with van der Waals surface area (Å²) >= 11 is 0. The van der Waals surface area contributed by atoms with Crippen LogP contribution in [0.15, 0.2) is 30.7 Å². The minimum absolute atomic E-state index is 0.0739. The molecule has 4 aromatic rings. The van der Waals surface area contributed by atoms with Crippen molar-refractivity contribution < 1.29 is 10.2 Å². The Kier molecular flexibility index (Phi) is 6.66. The van der Waals surface area contributed by atoms with Gasteiger partial charge in [-0.2, -0.15) is 19.7 Å². The number of nitrogens with one attached hydrogen (secondary N) is 1. The topological polar surface area (TPSA) is 156 Å². The molecule has 0 aliphatic heterocycles. The lowest BCUT2D eigenvalue weighted by atomic mass is 10.3. The van der Waals surface area contributed by atoms with Gasteiger partial charge in [0.25, 0.3) is 0 Å². The van der Waals surface area contributed by atoms with Gasteiger partial charge in [0, 0.05) is 38.4 Å². The molecule has 0 amide bonds. The lowest BCUT2D eigenvalue weighted by Crippen LogP contribution is -2.31. The van der Waals surface area contributed by atoms with Crippen LogP contribution in [0.4, 0.5) is 17.6 Å². The van der Waals surface area contributed by atoms with Gasteiger partial charge in [-0.1, -0.05) is 6.07 Å². The van der Waals surface area contributed by atoms with Crippen LogP contribution in [0.25, 0.3) is 17.0 Å². The number of pyridine rings is 1. The van der Waals surface area contributed by atoms with Crippen molar-refractivity contribution in [1.29, 1.82) is 0 Å². The van der Waals surface area contributed by atoms with E-state index in [2.05, 4.69) is 30.4 Å². The van der Waals surface area contributed by atoms with E-state index in [0.29, 0.717) is 60.7 Å². The Bertz CT molecular complexity index is 1210. The second-order valence-electron chi connectivity index (χ2n) is 7.51. The zero-order chi connectivity index (χ0) is 23.4. The van der Waals surface area contributed by atoms with Crippen molar-refractivity contribution >= 4 is 28.7 Å². The van der Waals surface area contributed by atoms with Gasteiger partial charge in [-0.05, 0) is 25.5 Å². The maximum atomic E-state index is 9.41. The first-order chi connectivity index (χ1) is 16.0. The van der Waals surface area contributed by atoms with E-state index in [1.165, 1.54) is 0 Å². The van der Waals surface area contributed by atoms with Crippen molar-refractivity contribution in [3.63, 3.8) is 0 Å². The second kappa shape index (κ2) is 9.79. The van der Waals surface area contributed by atoms with E-state index < -0.39 is 0 Å². The Balaban J connectivity index is 1.60. The molecular weight excluding hydrogens is 424 g/mol. The van der Waals surface area contributed by atoms with E-state index in [-0.39, 0.29) is 13.2 Å². The number of nitrogens with zero attached hydrogens (tertiary/aromatic N) is 8. The average Bonchev–Trinajstić information content (AvgIpc) is 3.39. The molecule has 0 fully saturated rings. The molecule has 4 heterocycles. The highest BCUT2D eigenvalue weighted by atomic mass is 16.3. The molecule has 0 saturated carbocycles. The molecule has 0 unspecified atom stereocenters. The van der Waals surface area contributed by atoms with Crippen LogP contribution < -0.4 is 16.0 Å². The lowest BCUT2D eigenvalue weighted by Gasteiger charge is -2.21. The molecule has 0 aliphatic carbocycles. The normalized spacial score (nSPS) is 11.3. The van der Waals surface area contributed by atoms with Gasteiger partial charge in [0.05, 0.1) is 25.2 Å². The lowest BCUT2D eigenvalue weighted by molar-refractivity contribution is 0.280. The van der Waals surface area contributed by atoms with E-state index in [9.17, 15) is 10.2 Å². The summed E-state index contributed by atoms with van der Waals surface area (Å²) in [6.45, 7) is 5.53. The third-order valence-electron chi connectivity index (χ3n) is 5.16. The van der Waals surface area contributed by atoms with Crippen LogP contribution in [-0.2, 0) is 13.1 Å². The van der Waals surface area contributed by atoms with E-state index >= 15 is 0 Å². The molecule has 174 valence electrons. The smallest absolute Gasteiger partial charge is 0.229 e. The summed E-state index contributed by atoms with van der Waals surface area (Å²) in [5.74, 6) is 2.16. The second-order valence-corrected chi connectivity index (χ2v) is 7.51. The predicted molar refractivity (Wildman–Crippen MR) is 125 cm³/mol. The molecule has 0 atom stereocenters. The van der Waals surface area contributed by atoms with Gasteiger partial charge in [0.1, 0.15) is 5.82 Å². The average molecular weight is 453 g/mol. The first kappa shape index (κ1) is 22.4. The van der Waals surface area contributed by atoms with Crippen molar-refractivity contribution in [2.24, 2.45) is 0 Å². The molecule has 12 nitrogen and oxygen atoms in total. The Labute approximate surface area is 190 Å². The number of imidazole rings is 1. The molecule has 33 heavy (non-hydrogen) atoms. The van der Waals surface area contributed by atoms with Gasteiger partial charge in [-0.25, -0.2) is 9.97 Å². The standard InChI is InChI=1S/C21H28N10O2/c1-3-29-13-25-18-19(26-21(27-20(18)29)30(6-8-32)7-9-33)24-12-15-4-5-17(23-11-15)31-16(22)10-14(2)28-31/h4-5,10-11,13,32-33H,3,6-9,12,22H2,1-2H3,(H,24,26,27). The zero-order valence-corrected chi connectivity index (χ0v) is 18.7. The van der Waals surface area contributed by atoms with Crippen molar-refractivity contribution in [1.82, 2.24) is 34.3 Å². The summed E-state index contributed by atoms with van der Waals surface area (Å²) in [6.07, 6.45) is 3.48. The summed E-state index contributed by atoms with van der Waals surface area (Å²) in [5, 5.41) is 26.5. The van der Waals surface area contributed by atoms with Gasteiger partial charge in [0.15, 0.2) is 22.8 Å². The molecule has 0 aromatic carbocycles. The third kappa shape index (κ3) is 4.71. The molecule has 4 aromatic heterocycles. The van der Waals surface area contributed by atoms with Crippen molar-refractivity contribution in [2.45, 2.75) is 26.9 Å². The Morgan fingerprint density at radius 2 is 1.91 bits per heavy atom. The first-order valence-electron chi connectivity index (χ1n) is 10.7. The van der Waals surface area contributed by atoms with E-state index in [1.807, 2.05) is 30.5 Å². The SMILES string of the molecule is CCn1cnc2c(NCc3ccc(-n4nc(C)cc4N)nc3)nc(N(CCO)CCO)nc21. The number of aliphatic hydroxyl groups is 2. The zero-order valence-electron chi connectivity index (χ0n) is 18.7. The van der Waals surface area contributed by atoms with E-state index in [4.69, 9.17) is 5.73 Å². The fourth-order valence-electron chi connectivity index (χ4n) is 3.52. The Morgan fingerprint density at radius 3 is 2.52 bits per heavy atom. The fraction of sp³-hybridized carbons (Fsp3) is 0.381. The number of hydrogen-bond acceptors (Lipinski definition) is 10. The van der Waals surface area contributed by atoms with Crippen LogP contribution in [0.3, 0.4) is 0 Å². The highest BCUT2D eigenvalue weighted by Gasteiger charge is 2.17. The first-order valence-corrected chi connectivity index (χ1v) is 10.7. The monoisotopic (exact) mass is 452 g/mol. The van der Waals surface area contributed by atoms with E-state index in [1.54, 1.807) is 28.2 Å². The van der Waals surface area contributed by atoms with Gasteiger partial charge in [0.2, 0.25) is 5.95 Å². The van der Waals surface area contributed by atoms with Crippen LogP contribution in [0.1, 0.15) is 18.2 Å². The van der Waals surface area contributed by atoms with Crippen LogP contribution in [0.2, 0.25) is 0 Å². The number of nitrogen functional groups attached to an aromatic ring is 1. The van der Waals surface area contributed by atoms with Crippen molar-refractivity contribution in [3.05, 3.63) is 42.0 Å². The highest BCUT2D eigenvalue weighted by Crippen LogP contribution is 2.23. The number of aryl methyl sites for hydroxylation is 2. The molecule has 0 radical (unpaired) electrons. The number of aliphatic hydroxyl groups excluding tert-OH is 2. The molecule has 0 aliphatic rings.